The van der Waals surface area contributed by atoms with Crippen molar-refractivity contribution < 1.29 is 9.59 Å². The molecule has 0 aliphatic carbocycles. The highest BCUT2D eigenvalue weighted by atomic mass is 32.1. The number of ketones is 1. The third kappa shape index (κ3) is 4.73. The Balaban J connectivity index is 1.50. The molecule has 0 saturated carbocycles. The Morgan fingerprint density at radius 3 is 2.35 bits per heavy atom. The first-order valence-corrected chi connectivity index (χ1v) is 10.1. The Morgan fingerprint density at radius 1 is 1.04 bits per heavy atom. The van der Waals surface area contributed by atoms with Gasteiger partial charge in [0.25, 0.3) is 0 Å². The SMILES string of the molecule is Cc1cc(C(=O)CCC(=O)Nc2ccc(N3CCCCC3)cc2)c(C)s1. The minimum absolute atomic E-state index is 0.0439. The smallest absolute Gasteiger partial charge is 0.224 e. The van der Waals surface area contributed by atoms with Gasteiger partial charge in [0.1, 0.15) is 0 Å². The third-order valence-electron chi connectivity index (χ3n) is 4.79. The van der Waals surface area contributed by atoms with Crippen molar-refractivity contribution in [2.24, 2.45) is 0 Å². The van der Waals surface area contributed by atoms with Crippen LogP contribution in [0.15, 0.2) is 30.3 Å². The predicted octanol–water partition coefficient (Wildman–Crippen LogP) is 4.96. The molecule has 0 radical (unpaired) electrons. The summed E-state index contributed by atoms with van der Waals surface area (Å²) in [7, 11) is 0. The van der Waals surface area contributed by atoms with E-state index in [1.165, 1.54) is 24.9 Å². The normalized spacial score (nSPS) is 14.3. The molecule has 2 aromatic rings. The molecule has 1 aliphatic rings. The fourth-order valence-electron chi connectivity index (χ4n) is 3.40. The number of carbonyl (C=O) groups excluding carboxylic acids is 2. The van der Waals surface area contributed by atoms with Crippen molar-refractivity contribution in [2.45, 2.75) is 46.0 Å². The van der Waals surface area contributed by atoms with Gasteiger partial charge in [-0.05, 0) is 63.4 Å². The van der Waals surface area contributed by atoms with Crippen molar-refractivity contribution in [1.29, 1.82) is 0 Å². The van der Waals surface area contributed by atoms with Gasteiger partial charge in [-0.25, -0.2) is 0 Å². The molecule has 138 valence electrons. The number of thiophene rings is 1. The maximum atomic E-state index is 12.3. The van der Waals surface area contributed by atoms with E-state index >= 15 is 0 Å². The largest absolute Gasteiger partial charge is 0.372 e. The van der Waals surface area contributed by atoms with Crippen LogP contribution in [0.1, 0.15) is 52.2 Å². The van der Waals surface area contributed by atoms with Gasteiger partial charge in [0, 0.05) is 52.6 Å². The van der Waals surface area contributed by atoms with E-state index in [0.29, 0.717) is 0 Å². The first-order valence-electron chi connectivity index (χ1n) is 9.28. The number of benzene rings is 1. The molecule has 1 aromatic heterocycles. The summed E-state index contributed by atoms with van der Waals surface area (Å²) in [6.45, 7) is 6.16. The van der Waals surface area contributed by atoms with E-state index in [-0.39, 0.29) is 24.5 Å². The summed E-state index contributed by atoms with van der Waals surface area (Å²) in [5, 5.41) is 2.89. The van der Waals surface area contributed by atoms with E-state index in [4.69, 9.17) is 0 Å². The number of hydrogen-bond donors (Lipinski definition) is 1. The van der Waals surface area contributed by atoms with E-state index in [1.807, 2.05) is 32.0 Å². The third-order valence-corrected chi connectivity index (χ3v) is 5.76. The van der Waals surface area contributed by atoms with E-state index in [0.717, 1.165) is 34.1 Å². The van der Waals surface area contributed by atoms with Crippen LogP contribution in [0.3, 0.4) is 0 Å². The maximum Gasteiger partial charge on any atom is 0.224 e. The fourth-order valence-corrected chi connectivity index (χ4v) is 4.34. The van der Waals surface area contributed by atoms with Gasteiger partial charge >= 0.3 is 0 Å². The van der Waals surface area contributed by atoms with Gasteiger partial charge in [-0.2, -0.15) is 0 Å². The van der Waals surface area contributed by atoms with Crippen molar-refractivity contribution in [1.82, 2.24) is 0 Å². The van der Waals surface area contributed by atoms with E-state index in [1.54, 1.807) is 11.3 Å². The van der Waals surface area contributed by atoms with Gasteiger partial charge in [-0.15, -0.1) is 11.3 Å². The molecule has 2 heterocycles. The number of hydrogen-bond acceptors (Lipinski definition) is 4. The van der Waals surface area contributed by atoms with Crippen LogP contribution in [0.5, 0.6) is 0 Å². The minimum atomic E-state index is -0.117. The summed E-state index contributed by atoms with van der Waals surface area (Å²) in [6, 6.07) is 9.92. The van der Waals surface area contributed by atoms with Crippen LogP contribution < -0.4 is 10.2 Å². The van der Waals surface area contributed by atoms with Crippen LogP contribution in [0, 0.1) is 13.8 Å². The molecule has 5 heteroatoms. The lowest BCUT2D eigenvalue weighted by Crippen LogP contribution is -2.29. The maximum absolute atomic E-state index is 12.3. The molecule has 1 aliphatic heterocycles. The standard InChI is InChI=1S/C21H26N2O2S/c1-15-14-19(16(2)26-15)20(24)10-11-21(25)22-17-6-8-18(9-7-17)23-12-4-3-5-13-23/h6-9,14H,3-5,10-13H2,1-2H3,(H,22,25). The summed E-state index contributed by atoms with van der Waals surface area (Å²) in [6.07, 6.45) is 4.26. The van der Waals surface area contributed by atoms with Crippen molar-refractivity contribution in [3.63, 3.8) is 0 Å². The first-order chi connectivity index (χ1) is 12.5. The fraction of sp³-hybridized carbons (Fsp3) is 0.429. The average Bonchev–Trinajstić information content (AvgIpc) is 2.99. The van der Waals surface area contributed by atoms with Gasteiger partial charge < -0.3 is 10.2 Å². The molecule has 1 N–H and O–H groups in total. The number of aryl methyl sites for hydroxylation is 2. The number of carbonyl (C=O) groups is 2. The molecular weight excluding hydrogens is 344 g/mol. The van der Waals surface area contributed by atoms with Crippen LogP contribution in [-0.2, 0) is 4.79 Å². The molecule has 1 aromatic carbocycles. The van der Waals surface area contributed by atoms with Crippen molar-refractivity contribution in [2.75, 3.05) is 23.3 Å². The molecule has 0 unspecified atom stereocenters. The zero-order valence-corrected chi connectivity index (χ0v) is 16.3. The van der Waals surface area contributed by atoms with E-state index in [2.05, 4.69) is 22.3 Å². The second-order valence-electron chi connectivity index (χ2n) is 6.89. The Labute approximate surface area is 159 Å². The van der Waals surface area contributed by atoms with Crippen molar-refractivity contribution >= 4 is 34.4 Å². The number of Topliss-reactive ketones (excluding diaryl/α,β-unsaturated/α-hetero) is 1. The minimum Gasteiger partial charge on any atom is -0.372 e. The summed E-state index contributed by atoms with van der Waals surface area (Å²) < 4.78 is 0. The van der Waals surface area contributed by atoms with Gasteiger partial charge in [0.05, 0.1) is 0 Å². The summed E-state index contributed by atoms with van der Waals surface area (Å²) in [4.78, 5) is 29.0. The Hall–Kier alpha value is -2.14. The topological polar surface area (TPSA) is 49.4 Å². The van der Waals surface area contributed by atoms with Crippen LogP contribution in [-0.4, -0.2) is 24.8 Å². The number of rotatable bonds is 6. The number of nitrogens with one attached hydrogen (secondary N) is 1. The molecule has 1 saturated heterocycles. The number of nitrogens with zero attached hydrogens (tertiary/aromatic N) is 1. The molecule has 0 spiro atoms. The lowest BCUT2D eigenvalue weighted by molar-refractivity contribution is -0.116. The quantitative estimate of drug-likeness (QED) is 0.732. The highest BCUT2D eigenvalue weighted by Gasteiger charge is 2.14. The molecule has 3 rings (SSSR count). The summed E-state index contributed by atoms with van der Waals surface area (Å²) in [5.41, 5.74) is 2.75. The van der Waals surface area contributed by atoms with Crippen LogP contribution in [0.2, 0.25) is 0 Å². The molecule has 4 nitrogen and oxygen atoms in total. The summed E-state index contributed by atoms with van der Waals surface area (Å²) >= 11 is 1.62. The zero-order valence-electron chi connectivity index (χ0n) is 15.5. The van der Waals surface area contributed by atoms with Gasteiger partial charge in [-0.1, -0.05) is 0 Å². The number of anilines is 2. The molecule has 0 bridgehead atoms. The van der Waals surface area contributed by atoms with Gasteiger partial charge in [0.15, 0.2) is 5.78 Å². The van der Waals surface area contributed by atoms with E-state index < -0.39 is 0 Å². The van der Waals surface area contributed by atoms with Crippen LogP contribution >= 0.6 is 11.3 Å². The second-order valence-corrected chi connectivity index (χ2v) is 8.35. The molecule has 1 amide bonds. The zero-order chi connectivity index (χ0) is 18.5. The highest BCUT2D eigenvalue weighted by Crippen LogP contribution is 2.23. The molecule has 0 atom stereocenters. The first kappa shape index (κ1) is 18.6. The van der Waals surface area contributed by atoms with Gasteiger partial charge in [-0.3, -0.25) is 9.59 Å². The van der Waals surface area contributed by atoms with Gasteiger partial charge in [0.2, 0.25) is 5.91 Å². The number of piperidine rings is 1. The van der Waals surface area contributed by atoms with E-state index in [9.17, 15) is 9.59 Å². The monoisotopic (exact) mass is 370 g/mol. The lowest BCUT2D eigenvalue weighted by Gasteiger charge is -2.28. The van der Waals surface area contributed by atoms with Crippen molar-refractivity contribution in [3.8, 4) is 0 Å². The summed E-state index contributed by atoms with van der Waals surface area (Å²) in [5.74, 6) is -0.0730. The number of amides is 1. The molecule has 26 heavy (non-hydrogen) atoms. The Morgan fingerprint density at radius 2 is 1.73 bits per heavy atom. The predicted molar refractivity (Wildman–Crippen MR) is 108 cm³/mol. The second kappa shape index (κ2) is 8.49. The van der Waals surface area contributed by atoms with Crippen LogP contribution in [0.25, 0.3) is 0 Å². The molecule has 1 fully saturated rings. The Bertz CT molecular complexity index is 774. The Kier molecular flexibility index (Phi) is 6.09. The lowest BCUT2D eigenvalue weighted by atomic mass is 10.1. The molecular formula is C21H26N2O2S. The van der Waals surface area contributed by atoms with Crippen molar-refractivity contribution in [3.05, 3.63) is 45.6 Å². The highest BCUT2D eigenvalue weighted by molar-refractivity contribution is 7.12. The average molecular weight is 371 g/mol. The van der Waals surface area contributed by atoms with Crippen LogP contribution in [0.4, 0.5) is 11.4 Å².